The van der Waals surface area contributed by atoms with Gasteiger partial charge in [-0.15, -0.1) is 0 Å². The summed E-state index contributed by atoms with van der Waals surface area (Å²) in [4.78, 5) is 22.4. The zero-order chi connectivity index (χ0) is 15.7. The van der Waals surface area contributed by atoms with Crippen LogP contribution in [0.5, 0.6) is 0 Å². The molecule has 1 fully saturated rings. The summed E-state index contributed by atoms with van der Waals surface area (Å²) >= 11 is 0. The van der Waals surface area contributed by atoms with Gasteiger partial charge < -0.3 is 15.6 Å². The lowest BCUT2D eigenvalue weighted by Crippen LogP contribution is -2.54. The van der Waals surface area contributed by atoms with Gasteiger partial charge in [-0.3, -0.25) is 9.78 Å². The second kappa shape index (κ2) is 5.72. The van der Waals surface area contributed by atoms with Gasteiger partial charge in [-0.25, -0.2) is 0 Å². The highest BCUT2D eigenvalue weighted by atomic mass is 16.2. The van der Waals surface area contributed by atoms with Crippen molar-refractivity contribution >= 4 is 16.9 Å². The molecule has 2 heterocycles. The Morgan fingerprint density at radius 2 is 2.41 bits per heavy atom. The predicted octanol–water partition coefficient (Wildman–Crippen LogP) is 2.69. The predicted molar refractivity (Wildman–Crippen MR) is 87.7 cm³/mol. The minimum atomic E-state index is -0.159. The zero-order valence-electron chi connectivity index (χ0n) is 13.3. The Morgan fingerprint density at radius 3 is 3.09 bits per heavy atom. The molecule has 2 atom stereocenters. The molecule has 22 heavy (non-hydrogen) atoms. The smallest absolute Gasteiger partial charge is 0.270 e. The lowest BCUT2D eigenvalue weighted by atomic mass is 9.79. The number of H-pyrrole nitrogens is 1. The molecule has 1 amide bonds. The normalized spacial score (nSPS) is 25.3. The van der Waals surface area contributed by atoms with E-state index < -0.39 is 0 Å². The molecule has 0 radical (unpaired) electrons. The molecule has 1 unspecified atom stereocenters. The van der Waals surface area contributed by atoms with Crippen molar-refractivity contribution < 1.29 is 4.79 Å². The largest absolute Gasteiger partial charge is 0.349 e. The second-order valence-electron chi connectivity index (χ2n) is 6.52. The van der Waals surface area contributed by atoms with Crippen LogP contribution in [0.2, 0.25) is 0 Å². The molecule has 0 spiro atoms. The monoisotopic (exact) mass is 300 g/mol. The highest BCUT2D eigenvalue weighted by molar-refractivity contribution is 5.97. The van der Waals surface area contributed by atoms with Gasteiger partial charge in [0.25, 0.3) is 5.91 Å². The fourth-order valence-electron chi connectivity index (χ4n) is 3.75. The van der Waals surface area contributed by atoms with E-state index in [0.29, 0.717) is 12.2 Å². The van der Waals surface area contributed by atoms with Crippen LogP contribution in [0.25, 0.3) is 11.0 Å². The number of fused-ring (bicyclic) bond motifs is 1. The van der Waals surface area contributed by atoms with Crippen LogP contribution >= 0.6 is 0 Å². The number of carbonyl (C=O) groups is 1. The molecule has 118 valence electrons. The van der Waals surface area contributed by atoms with Crippen molar-refractivity contribution in [2.75, 3.05) is 6.54 Å². The quantitative estimate of drug-likeness (QED) is 0.915. The minimum Gasteiger partial charge on any atom is -0.349 e. The summed E-state index contributed by atoms with van der Waals surface area (Å²) in [5, 5.41) is 0. The molecule has 0 aromatic carbocycles. The summed E-state index contributed by atoms with van der Waals surface area (Å²) in [6, 6.07) is 5.83. The molecule has 5 nitrogen and oxygen atoms in total. The molecule has 2 aromatic heterocycles. The summed E-state index contributed by atoms with van der Waals surface area (Å²) in [5.41, 5.74) is 8.32. The zero-order valence-corrected chi connectivity index (χ0v) is 13.3. The minimum absolute atomic E-state index is 0.0390. The second-order valence-corrected chi connectivity index (χ2v) is 6.52. The first-order valence-corrected chi connectivity index (χ1v) is 8.05. The van der Waals surface area contributed by atoms with Crippen molar-refractivity contribution in [1.82, 2.24) is 14.9 Å². The topological polar surface area (TPSA) is 75.0 Å². The summed E-state index contributed by atoms with van der Waals surface area (Å²) in [5.74, 6) is 0.0390. The Labute approximate surface area is 130 Å². The molecular weight excluding hydrogens is 276 g/mol. The van der Waals surface area contributed by atoms with Gasteiger partial charge in [0.05, 0.1) is 11.0 Å². The third kappa shape index (κ3) is 2.61. The first kappa shape index (κ1) is 15.0. The number of nitrogens with one attached hydrogen (secondary N) is 1. The average molecular weight is 300 g/mol. The van der Waals surface area contributed by atoms with Crippen LogP contribution in [0.4, 0.5) is 0 Å². The molecule has 2 aromatic rings. The van der Waals surface area contributed by atoms with Crippen LogP contribution < -0.4 is 5.73 Å². The molecule has 0 aliphatic heterocycles. The van der Waals surface area contributed by atoms with Crippen LogP contribution in [0.3, 0.4) is 0 Å². The highest BCUT2D eigenvalue weighted by Crippen LogP contribution is 2.33. The maximum atomic E-state index is 13.0. The van der Waals surface area contributed by atoms with Gasteiger partial charge in [0, 0.05) is 24.3 Å². The fourth-order valence-corrected chi connectivity index (χ4v) is 3.75. The van der Waals surface area contributed by atoms with E-state index in [1.165, 1.54) is 0 Å². The molecular formula is C17H24N4O. The molecule has 1 aliphatic rings. The van der Waals surface area contributed by atoms with Crippen molar-refractivity contribution in [3.8, 4) is 0 Å². The van der Waals surface area contributed by atoms with Crippen LogP contribution in [0.1, 0.15) is 50.0 Å². The Bertz CT molecular complexity index is 647. The fraction of sp³-hybridized carbons (Fsp3) is 0.529. The standard InChI is InChI=1S/C17H24N4O/c1-3-21(17(2)8-4-6-12(18)11-17)16(22)15-10-14-13(20-15)7-5-9-19-14/h5,7,9-10,12,20H,3-4,6,8,11,18H2,1-2H3/t12-,17?/m1/s1. The van der Waals surface area contributed by atoms with E-state index >= 15 is 0 Å². The molecule has 3 N–H and O–H groups in total. The number of hydrogen-bond acceptors (Lipinski definition) is 3. The molecule has 1 aliphatic carbocycles. The van der Waals surface area contributed by atoms with E-state index in [4.69, 9.17) is 5.73 Å². The van der Waals surface area contributed by atoms with Crippen molar-refractivity contribution in [1.29, 1.82) is 0 Å². The molecule has 3 rings (SSSR count). The SMILES string of the molecule is CCN(C(=O)c1cc2ncccc2[nH]1)C1(C)CCC[C@@H](N)C1. The third-order valence-corrected chi connectivity index (χ3v) is 4.82. The van der Waals surface area contributed by atoms with Gasteiger partial charge in [0.15, 0.2) is 0 Å². The van der Waals surface area contributed by atoms with Gasteiger partial charge in [-0.1, -0.05) is 0 Å². The molecule has 0 bridgehead atoms. The number of nitrogens with two attached hydrogens (primary N) is 1. The van der Waals surface area contributed by atoms with Crippen LogP contribution in [-0.4, -0.2) is 38.9 Å². The Kier molecular flexibility index (Phi) is 3.91. The van der Waals surface area contributed by atoms with E-state index in [9.17, 15) is 4.79 Å². The summed E-state index contributed by atoms with van der Waals surface area (Å²) in [6.07, 6.45) is 5.75. The van der Waals surface area contributed by atoms with E-state index in [-0.39, 0.29) is 17.5 Å². The van der Waals surface area contributed by atoms with E-state index in [0.717, 1.165) is 36.7 Å². The number of pyridine rings is 1. The van der Waals surface area contributed by atoms with E-state index in [1.54, 1.807) is 6.20 Å². The Hall–Kier alpha value is -1.88. The summed E-state index contributed by atoms with van der Waals surface area (Å²) in [7, 11) is 0. The van der Waals surface area contributed by atoms with Crippen molar-refractivity contribution in [3.63, 3.8) is 0 Å². The molecule has 5 heteroatoms. The average Bonchev–Trinajstić information content (AvgIpc) is 2.91. The van der Waals surface area contributed by atoms with Crippen molar-refractivity contribution in [2.45, 2.75) is 51.1 Å². The Morgan fingerprint density at radius 1 is 1.59 bits per heavy atom. The van der Waals surface area contributed by atoms with Crippen LogP contribution in [0, 0.1) is 0 Å². The highest BCUT2D eigenvalue weighted by Gasteiger charge is 2.38. The number of hydrogen-bond donors (Lipinski definition) is 2. The molecule has 0 saturated heterocycles. The number of aromatic amines is 1. The van der Waals surface area contributed by atoms with Gasteiger partial charge in [0.1, 0.15) is 5.69 Å². The molecule has 1 saturated carbocycles. The maximum Gasteiger partial charge on any atom is 0.270 e. The van der Waals surface area contributed by atoms with Gasteiger partial charge in [0.2, 0.25) is 0 Å². The number of amides is 1. The van der Waals surface area contributed by atoms with Crippen molar-refractivity contribution in [3.05, 3.63) is 30.1 Å². The summed E-state index contributed by atoms with van der Waals surface area (Å²) < 4.78 is 0. The van der Waals surface area contributed by atoms with E-state index in [2.05, 4.69) is 16.9 Å². The van der Waals surface area contributed by atoms with Crippen LogP contribution in [0.15, 0.2) is 24.4 Å². The van der Waals surface area contributed by atoms with E-state index in [1.807, 2.05) is 30.0 Å². The Balaban J connectivity index is 1.90. The first-order valence-electron chi connectivity index (χ1n) is 8.05. The van der Waals surface area contributed by atoms with Gasteiger partial charge >= 0.3 is 0 Å². The number of rotatable bonds is 3. The van der Waals surface area contributed by atoms with Crippen LogP contribution in [-0.2, 0) is 0 Å². The third-order valence-electron chi connectivity index (χ3n) is 4.82. The van der Waals surface area contributed by atoms with Gasteiger partial charge in [-0.05, 0) is 57.7 Å². The van der Waals surface area contributed by atoms with Gasteiger partial charge in [-0.2, -0.15) is 0 Å². The maximum absolute atomic E-state index is 13.0. The number of nitrogens with zero attached hydrogens (tertiary/aromatic N) is 2. The number of aromatic nitrogens is 2. The lowest BCUT2D eigenvalue weighted by molar-refractivity contribution is 0.0390. The van der Waals surface area contributed by atoms with Crippen molar-refractivity contribution in [2.24, 2.45) is 5.73 Å². The first-order chi connectivity index (χ1) is 10.5. The lowest BCUT2D eigenvalue weighted by Gasteiger charge is -2.45. The summed E-state index contributed by atoms with van der Waals surface area (Å²) in [6.45, 7) is 4.88. The number of carbonyl (C=O) groups excluding carboxylic acids is 1.